The number of fused-ring (bicyclic) bond motifs is 2. The lowest BCUT2D eigenvalue weighted by Crippen LogP contribution is -2.38. The highest BCUT2D eigenvalue weighted by Crippen LogP contribution is 2.45. The molecule has 0 saturated heterocycles. The van der Waals surface area contributed by atoms with E-state index in [1.807, 2.05) is 18.2 Å². The van der Waals surface area contributed by atoms with Crippen LogP contribution in [0.3, 0.4) is 0 Å². The molecule has 0 atom stereocenters. The first-order chi connectivity index (χ1) is 15.9. The second-order valence-corrected chi connectivity index (χ2v) is 8.60. The summed E-state index contributed by atoms with van der Waals surface area (Å²) in [7, 11) is 3.00. The van der Waals surface area contributed by atoms with Gasteiger partial charge in [-0.05, 0) is 30.5 Å². The third-order valence-electron chi connectivity index (χ3n) is 6.73. The first-order valence-electron chi connectivity index (χ1n) is 11.1. The number of rotatable bonds is 5. The maximum absolute atomic E-state index is 13.3. The van der Waals surface area contributed by atoms with Crippen molar-refractivity contribution in [2.75, 3.05) is 19.8 Å². The van der Waals surface area contributed by atoms with Crippen LogP contribution in [0.4, 0.5) is 0 Å². The summed E-state index contributed by atoms with van der Waals surface area (Å²) in [5.74, 6) is 1.07. The molecule has 0 N–H and O–H groups in total. The summed E-state index contributed by atoms with van der Waals surface area (Å²) in [6.07, 6.45) is 4.80. The zero-order valence-electron chi connectivity index (χ0n) is 18.7. The summed E-state index contributed by atoms with van der Waals surface area (Å²) in [6.45, 7) is 1.34. The highest BCUT2D eigenvalue weighted by atomic mass is 16.6. The Bertz CT molecular complexity index is 1350. The molecule has 1 aromatic carbocycles. The summed E-state index contributed by atoms with van der Waals surface area (Å²) in [5, 5.41) is 0. The van der Waals surface area contributed by atoms with E-state index in [9.17, 15) is 14.4 Å². The van der Waals surface area contributed by atoms with Gasteiger partial charge in [0.05, 0.1) is 18.3 Å². The normalized spacial score (nSPS) is 16.8. The van der Waals surface area contributed by atoms with Crippen LogP contribution in [0.1, 0.15) is 31.2 Å². The van der Waals surface area contributed by atoms with Crippen LogP contribution >= 0.6 is 0 Å². The topological polar surface area (TPSA) is 107 Å². The number of aromatic nitrogens is 4. The van der Waals surface area contributed by atoms with Crippen molar-refractivity contribution in [1.29, 1.82) is 0 Å². The lowest BCUT2D eigenvalue weighted by atomic mass is 9.78. The minimum absolute atomic E-state index is 0.0859. The minimum Gasteiger partial charge on any atom is -0.486 e. The van der Waals surface area contributed by atoms with Crippen LogP contribution in [0.5, 0.6) is 11.5 Å². The number of hydrogen-bond acceptors (Lipinski definition) is 7. The molecule has 3 aromatic rings. The number of hydrogen-bond donors (Lipinski definition) is 0. The highest BCUT2D eigenvalue weighted by molar-refractivity contribution is 5.84. The molecular formula is C23H26N4O6. The number of carbonyl (C=O) groups excluding carboxylic acids is 1. The third-order valence-corrected chi connectivity index (χ3v) is 6.73. The molecule has 5 rings (SSSR count). The zero-order valence-corrected chi connectivity index (χ0v) is 18.7. The molecule has 0 amide bonds. The molecule has 0 bridgehead atoms. The van der Waals surface area contributed by atoms with Crippen LogP contribution in [-0.2, 0) is 35.6 Å². The van der Waals surface area contributed by atoms with Gasteiger partial charge in [0.2, 0.25) is 0 Å². The van der Waals surface area contributed by atoms with Gasteiger partial charge in [-0.1, -0.05) is 18.9 Å². The van der Waals surface area contributed by atoms with E-state index in [0.717, 1.165) is 23.0 Å². The fraction of sp³-hybridized carbons (Fsp3) is 0.478. The van der Waals surface area contributed by atoms with Crippen molar-refractivity contribution in [2.45, 2.75) is 37.6 Å². The Morgan fingerprint density at radius 2 is 1.82 bits per heavy atom. The molecule has 1 aliphatic heterocycles. The molecule has 2 aromatic heterocycles. The van der Waals surface area contributed by atoms with Gasteiger partial charge in [-0.3, -0.25) is 18.7 Å². The van der Waals surface area contributed by atoms with Crippen LogP contribution in [0, 0.1) is 0 Å². The first-order valence-corrected chi connectivity index (χ1v) is 11.1. The Hall–Kier alpha value is -3.56. The number of benzene rings is 1. The number of esters is 1. The number of carbonyl (C=O) groups is 1. The van der Waals surface area contributed by atoms with Gasteiger partial charge in [0.15, 0.2) is 22.7 Å². The van der Waals surface area contributed by atoms with E-state index < -0.39 is 16.7 Å². The average Bonchev–Trinajstić information content (AvgIpc) is 3.50. The Morgan fingerprint density at radius 1 is 1.09 bits per heavy atom. The van der Waals surface area contributed by atoms with Gasteiger partial charge in [0, 0.05) is 14.1 Å². The standard InChI is InChI=1S/C23H26N4O6/c1-25-19-18(20(28)26(2)22(25)30)27(14-24-19)9-10-33-21(29)23(7-3-4-8-23)15-5-6-16-17(13-15)32-12-11-31-16/h5-6,13-14H,3-4,7-12H2,1-2H3. The monoisotopic (exact) mass is 454 g/mol. The van der Waals surface area contributed by atoms with Crippen LogP contribution in [0.25, 0.3) is 11.2 Å². The summed E-state index contributed by atoms with van der Waals surface area (Å²) < 4.78 is 21.1. The van der Waals surface area contributed by atoms with E-state index in [0.29, 0.717) is 48.7 Å². The fourth-order valence-corrected chi connectivity index (χ4v) is 4.87. The van der Waals surface area contributed by atoms with Crippen molar-refractivity contribution in [3.63, 3.8) is 0 Å². The maximum Gasteiger partial charge on any atom is 0.332 e. The molecule has 1 fully saturated rings. The van der Waals surface area contributed by atoms with E-state index in [2.05, 4.69) is 4.98 Å². The zero-order chi connectivity index (χ0) is 23.2. The lowest BCUT2D eigenvalue weighted by Gasteiger charge is -2.29. The van der Waals surface area contributed by atoms with Gasteiger partial charge in [-0.25, -0.2) is 9.78 Å². The summed E-state index contributed by atoms with van der Waals surface area (Å²) in [5.41, 5.74) is -0.0955. The van der Waals surface area contributed by atoms with E-state index in [-0.39, 0.29) is 19.1 Å². The summed E-state index contributed by atoms with van der Waals surface area (Å²) in [6, 6.07) is 5.68. The SMILES string of the molecule is Cn1c(=O)c2c(ncn2CCOC(=O)C2(c3ccc4c(c3)OCCO4)CCCC2)n(C)c1=O. The Morgan fingerprint density at radius 3 is 2.58 bits per heavy atom. The van der Waals surface area contributed by atoms with Crippen LogP contribution < -0.4 is 20.7 Å². The van der Waals surface area contributed by atoms with Crippen molar-refractivity contribution < 1.29 is 19.0 Å². The molecule has 1 aliphatic carbocycles. The van der Waals surface area contributed by atoms with Gasteiger partial charge in [-0.2, -0.15) is 0 Å². The second-order valence-electron chi connectivity index (χ2n) is 8.60. The molecule has 33 heavy (non-hydrogen) atoms. The highest BCUT2D eigenvalue weighted by Gasteiger charge is 2.44. The number of aryl methyl sites for hydroxylation is 1. The first kappa shape index (κ1) is 21.3. The quantitative estimate of drug-likeness (QED) is 0.534. The molecular weight excluding hydrogens is 428 g/mol. The summed E-state index contributed by atoms with van der Waals surface area (Å²) in [4.78, 5) is 42.2. The summed E-state index contributed by atoms with van der Waals surface area (Å²) >= 11 is 0. The van der Waals surface area contributed by atoms with Gasteiger partial charge in [-0.15, -0.1) is 0 Å². The molecule has 0 radical (unpaired) electrons. The smallest absolute Gasteiger partial charge is 0.332 e. The van der Waals surface area contributed by atoms with Crippen molar-refractivity contribution in [3.05, 3.63) is 50.9 Å². The van der Waals surface area contributed by atoms with Crippen LogP contribution in [0.15, 0.2) is 34.1 Å². The average molecular weight is 454 g/mol. The van der Waals surface area contributed by atoms with Gasteiger partial charge >= 0.3 is 11.7 Å². The lowest BCUT2D eigenvalue weighted by molar-refractivity contribution is -0.150. The molecule has 0 unspecified atom stereocenters. The molecule has 3 heterocycles. The Labute approximate surface area is 189 Å². The Kier molecular flexibility index (Phi) is 5.22. The molecule has 174 valence electrons. The van der Waals surface area contributed by atoms with Crippen LogP contribution in [-0.4, -0.2) is 44.5 Å². The number of imidazole rings is 1. The third kappa shape index (κ3) is 3.40. The molecule has 10 nitrogen and oxygen atoms in total. The van der Waals surface area contributed by atoms with Gasteiger partial charge in [0.25, 0.3) is 5.56 Å². The van der Waals surface area contributed by atoms with Crippen molar-refractivity contribution in [3.8, 4) is 11.5 Å². The maximum atomic E-state index is 13.3. The van der Waals surface area contributed by atoms with Gasteiger partial charge < -0.3 is 18.8 Å². The number of ether oxygens (including phenoxy) is 3. The van der Waals surface area contributed by atoms with Crippen molar-refractivity contribution >= 4 is 17.1 Å². The van der Waals surface area contributed by atoms with E-state index in [1.54, 1.807) is 11.6 Å². The van der Waals surface area contributed by atoms with E-state index in [4.69, 9.17) is 14.2 Å². The minimum atomic E-state index is -0.715. The van der Waals surface area contributed by atoms with Crippen molar-refractivity contribution in [1.82, 2.24) is 18.7 Å². The van der Waals surface area contributed by atoms with Crippen LogP contribution in [0.2, 0.25) is 0 Å². The molecule has 2 aliphatic rings. The predicted octanol–water partition coefficient (Wildman–Crippen LogP) is 1.26. The van der Waals surface area contributed by atoms with Crippen molar-refractivity contribution in [2.24, 2.45) is 14.1 Å². The largest absolute Gasteiger partial charge is 0.486 e. The predicted molar refractivity (Wildman–Crippen MR) is 119 cm³/mol. The molecule has 10 heteroatoms. The Balaban J connectivity index is 1.36. The second kappa shape index (κ2) is 8.09. The number of nitrogens with zero attached hydrogens (tertiary/aromatic N) is 4. The fourth-order valence-electron chi connectivity index (χ4n) is 4.87. The van der Waals surface area contributed by atoms with E-state index >= 15 is 0 Å². The molecule has 1 saturated carbocycles. The van der Waals surface area contributed by atoms with E-state index in [1.165, 1.54) is 17.9 Å². The van der Waals surface area contributed by atoms with Gasteiger partial charge in [0.1, 0.15) is 19.8 Å². The molecule has 0 spiro atoms.